The highest BCUT2D eigenvalue weighted by atomic mass is 32.2. The number of primary amides is 1. The van der Waals surface area contributed by atoms with Crippen LogP contribution in [0.5, 0.6) is 0 Å². The minimum absolute atomic E-state index is 0.251. The first kappa shape index (κ1) is 18.5. The van der Waals surface area contributed by atoms with Gasteiger partial charge in [0.15, 0.2) is 0 Å². The molecule has 5 nitrogen and oxygen atoms in total. The Morgan fingerprint density at radius 2 is 1.73 bits per heavy atom. The van der Waals surface area contributed by atoms with Gasteiger partial charge in [-0.05, 0) is 48.6 Å². The van der Waals surface area contributed by atoms with Gasteiger partial charge in [0.25, 0.3) is 10.0 Å². The fourth-order valence-corrected chi connectivity index (χ4v) is 5.25. The van der Waals surface area contributed by atoms with Crippen molar-refractivity contribution >= 4 is 21.6 Å². The number of anilines is 1. The Hall–Kier alpha value is -2.34. The molecule has 26 heavy (non-hydrogen) atoms. The highest BCUT2D eigenvalue weighted by Gasteiger charge is 2.39. The SMILES string of the molecule is CC(C)c1ccc(S(=O)(=O)N2c3ccccc3[C@H](C(N)=O)C[C@@H]2C)cc1. The van der Waals surface area contributed by atoms with E-state index in [4.69, 9.17) is 5.73 Å². The molecule has 0 radical (unpaired) electrons. The molecule has 6 heteroatoms. The summed E-state index contributed by atoms with van der Waals surface area (Å²) in [7, 11) is -3.73. The van der Waals surface area contributed by atoms with Crippen molar-refractivity contribution in [3.8, 4) is 0 Å². The molecule has 2 atom stereocenters. The quantitative estimate of drug-likeness (QED) is 0.893. The molecule has 0 aliphatic carbocycles. The Bertz CT molecular complexity index is 920. The Morgan fingerprint density at radius 3 is 2.31 bits per heavy atom. The number of hydrogen-bond donors (Lipinski definition) is 1. The molecule has 0 fully saturated rings. The van der Waals surface area contributed by atoms with Crippen LogP contribution in [0.1, 0.15) is 50.2 Å². The summed E-state index contributed by atoms with van der Waals surface area (Å²) < 4.78 is 28.1. The van der Waals surface area contributed by atoms with Crippen LogP contribution in [-0.2, 0) is 14.8 Å². The summed E-state index contributed by atoms with van der Waals surface area (Å²) in [6, 6.07) is 13.7. The topological polar surface area (TPSA) is 80.5 Å². The van der Waals surface area contributed by atoms with E-state index in [0.29, 0.717) is 23.6 Å². The fourth-order valence-electron chi connectivity index (χ4n) is 3.56. The van der Waals surface area contributed by atoms with E-state index in [1.165, 1.54) is 4.31 Å². The first-order valence-electron chi connectivity index (χ1n) is 8.76. The number of carbonyl (C=O) groups is 1. The summed E-state index contributed by atoms with van der Waals surface area (Å²) >= 11 is 0. The molecule has 3 rings (SSSR count). The van der Waals surface area contributed by atoms with Crippen LogP contribution in [-0.4, -0.2) is 20.4 Å². The second-order valence-electron chi connectivity index (χ2n) is 7.12. The van der Waals surface area contributed by atoms with Crippen LogP contribution >= 0.6 is 0 Å². The predicted octanol–water partition coefficient (Wildman–Crippen LogP) is 3.37. The smallest absolute Gasteiger partial charge is 0.264 e. The average Bonchev–Trinajstić information content (AvgIpc) is 2.60. The van der Waals surface area contributed by atoms with Gasteiger partial charge in [0.1, 0.15) is 0 Å². The van der Waals surface area contributed by atoms with Gasteiger partial charge < -0.3 is 5.73 Å². The lowest BCUT2D eigenvalue weighted by Crippen LogP contribution is -2.45. The lowest BCUT2D eigenvalue weighted by atomic mass is 9.87. The molecular formula is C20H24N2O3S. The van der Waals surface area contributed by atoms with Gasteiger partial charge in [-0.15, -0.1) is 0 Å². The van der Waals surface area contributed by atoms with Gasteiger partial charge in [-0.3, -0.25) is 9.10 Å². The van der Waals surface area contributed by atoms with Crippen LogP contribution in [0.25, 0.3) is 0 Å². The van der Waals surface area contributed by atoms with E-state index in [-0.39, 0.29) is 10.9 Å². The van der Waals surface area contributed by atoms with Crippen LogP contribution in [0.15, 0.2) is 53.4 Å². The summed E-state index contributed by atoms with van der Waals surface area (Å²) in [6.45, 7) is 5.94. The second-order valence-corrected chi connectivity index (χ2v) is 8.94. The van der Waals surface area contributed by atoms with Crippen LogP contribution in [0, 0.1) is 0 Å². The van der Waals surface area contributed by atoms with Crippen molar-refractivity contribution in [1.82, 2.24) is 0 Å². The molecule has 0 saturated heterocycles. The molecule has 0 saturated carbocycles. The lowest BCUT2D eigenvalue weighted by Gasteiger charge is -2.38. The van der Waals surface area contributed by atoms with Crippen LogP contribution in [0.4, 0.5) is 5.69 Å². The molecule has 2 aromatic rings. The van der Waals surface area contributed by atoms with Crippen molar-refractivity contribution in [2.75, 3.05) is 4.31 Å². The van der Waals surface area contributed by atoms with Gasteiger partial charge in [-0.25, -0.2) is 8.42 Å². The van der Waals surface area contributed by atoms with Crippen molar-refractivity contribution in [2.45, 2.75) is 50.0 Å². The number of nitrogens with two attached hydrogens (primary N) is 1. The van der Waals surface area contributed by atoms with Crippen molar-refractivity contribution < 1.29 is 13.2 Å². The Kier molecular flexibility index (Phi) is 4.80. The van der Waals surface area contributed by atoms with Gasteiger partial charge in [0, 0.05) is 6.04 Å². The zero-order valence-electron chi connectivity index (χ0n) is 15.2. The molecule has 0 spiro atoms. The number of hydrogen-bond acceptors (Lipinski definition) is 3. The van der Waals surface area contributed by atoms with E-state index in [9.17, 15) is 13.2 Å². The zero-order valence-corrected chi connectivity index (χ0v) is 16.0. The van der Waals surface area contributed by atoms with E-state index in [1.807, 2.05) is 19.1 Å². The van der Waals surface area contributed by atoms with Gasteiger partial charge >= 0.3 is 0 Å². The molecule has 2 N–H and O–H groups in total. The number of sulfonamides is 1. The normalized spacial score (nSPS) is 20.1. The number of carbonyl (C=O) groups excluding carboxylic acids is 1. The number of fused-ring (bicyclic) bond motifs is 1. The molecule has 0 bridgehead atoms. The monoisotopic (exact) mass is 372 g/mol. The molecule has 1 heterocycles. The average molecular weight is 372 g/mol. The number of para-hydroxylation sites is 1. The van der Waals surface area contributed by atoms with E-state index >= 15 is 0 Å². The second kappa shape index (κ2) is 6.76. The minimum Gasteiger partial charge on any atom is -0.369 e. The predicted molar refractivity (Wildman–Crippen MR) is 103 cm³/mol. The standard InChI is InChI=1S/C20H24N2O3S/c1-13(2)15-8-10-16(11-9-15)26(24,25)22-14(3)12-18(20(21)23)17-6-4-5-7-19(17)22/h4-11,13-14,18H,12H2,1-3H3,(H2,21,23)/t14-,18+/m0/s1. The third kappa shape index (κ3) is 3.09. The third-order valence-electron chi connectivity index (χ3n) is 4.97. The Labute approximate surface area is 154 Å². The highest BCUT2D eigenvalue weighted by Crippen LogP contribution is 2.41. The van der Waals surface area contributed by atoms with E-state index < -0.39 is 21.8 Å². The van der Waals surface area contributed by atoms with E-state index in [0.717, 1.165) is 5.56 Å². The molecule has 1 aliphatic rings. The minimum atomic E-state index is -3.73. The third-order valence-corrected chi connectivity index (χ3v) is 6.92. The van der Waals surface area contributed by atoms with Crippen LogP contribution in [0.2, 0.25) is 0 Å². The van der Waals surface area contributed by atoms with Gasteiger partial charge in [0.05, 0.1) is 16.5 Å². The van der Waals surface area contributed by atoms with Crippen molar-refractivity contribution in [3.05, 3.63) is 59.7 Å². The maximum atomic E-state index is 13.3. The van der Waals surface area contributed by atoms with E-state index in [1.54, 1.807) is 36.4 Å². The van der Waals surface area contributed by atoms with E-state index in [2.05, 4.69) is 13.8 Å². The van der Waals surface area contributed by atoms with Gasteiger partial charge in [0.2, 0.25) is 5.91 Å². The van der Waals surface area contributed by atoms with Crippen LogP contribution < -0.4 is 10.0 Å². The lowest BCUT2D eigenvalue weighted by molar-refractivity contribution is -0.119. The summed E-state index contributed by atoms with van der Waals surface area (Å²) in [5.74, 6) is -0.573. The molecule has 0 aromatic heterocycles. The number of nitrogens with zero attached hydrogens (tertiary/aromatic N) is 1. The molecule has 0 unspecified atom stereocenters. The van der Waals surface area contributed by atoms with Crippen molar-refractivity contribution in [1.29, 1.82) is 0 Å². The first-order valence-corrected chi connectivity index (χ1v) is 10.2. The van der Waals surface area contributed by atoms with Gasteiger partial charge in [-0.1, -0.05) is 44.2 Å². The van der Waals surface area contributed by atoms with Crippen molar-refractivity contribution in [3.63, 3.8) is 0 Å². The number of rotatable bonds is 4. The number of amides is 1. The molecular weight excluding hydrogens is 348 g/mol. The largest absolute Gasteiger partial charge is 0.369 e. The summed E-state index contributed by atoms with van der Waals surface area (Å²) in [6.07, 6.45) is 0.371. The van der Waals surface area contributed by atoms with Crippen LogP contribution in [0.3, 0.4) is 0 Å². The summed E-state index contributed by atoms with van der Waals surface area (Å²) in [5.41, 5.74) is 7.83. The first-order chi connectivity index (χ1) is 12.2. The molecule has 1 amide bonds. The Morgan fingerprint density at radius 1 is 1.12 bits per heavy atom. The molecule has 2 aromatic carbocycles. The maximum absolute atomic E-state index is 13.3. The maximum Gasteiger partial charge on any atom is 0.264 e. The molecule has 1 aliphatic heterocycles. The fraction of sp³-hybridized carbons (Fsp3) is 0.350. The highest BCUT2D eigenvalue weighted by molar-refractivity contribution is 7.92. The van der Waals surface area contributed by atoms with Gasteiger partial charge in [-0.2, -0.15) is 0 Å². The zero-order chi connectivity index (χ0) is 19.1. The summed E-state index contributed by atoms with van der Waals surface area (Å²) in [4.78, 5) is 12.1. The van der Waals surface area contributed by atoms with Crippen molar-refractivity contribution in [2.24, 2.45) is 5.73 Å². The summed E-state index contributed by atoms with van der Waals surface area (Å²) in [5, 5.41) is 0. The Balaban J connectivity index is 2.09. The number of benzene rings is 2. The molecule has 138 valence electrons.